The molecule has 0 spiro atoms. The minimum Gasteiger partial charge on any atom is -0.339 e. The van der Waals surface area contributed by atoms with Crippen molar-refractivity contribution in [2.75, 3.05) is 52.4 Å². The van der Waals surface area contributed by atoms with Crippen molar-refractivity contribution in [3.8, 4) is 0 Å². The molecule has 1 amide bonds. The highest BCUT2D eigenvalue weighted by Gasteiger charge is 2.35. The van der Waals surface area contributed by atoms with E-state index in [-0.39, 0.29) is 37.0 Å². The molecule has 2 rings (SSSR count). The molecule has 1 heterocycles. The van der Waals surface area contributed by atoms with Gasteiger partial charge in [0.15, 0.2) is 0 Å². The lowest BCUT2D eigenvalue weighted by Crippen LogP contribution is -2.54. The van der Waals surface area contributed by atoms with Gasteiger partial charge in [-0.1, -0.05) is 13.8 Å². The molecule has 9 nitrogen and oxygen atoms in total. The molecule has 1 saturated heterocycles. The molecular weight excluding hydrogens is 428 g/mol. The Morgan fingerprint density at radius 3 is 1.70 bits per heavy atom. The molecule has 0 N–H and O–H groups in total. The summed E-state index contributed by atoms with van der Waals surface area (Å²) in [5.74, 6) is -0.140. The van der Waals surface area contributed by atoms with E-state index in [1.165, 1.54) is 37.2 Å². The predicted octanol–water partition coefficient (Wildman–Crippen LogP) is 1.06. The first-order valence-electron chi connectivity index (χ1n) is 10.3. The molecule has 30 heavy (non-hydrogen) atoms. The molecule has 1 aliphatic heterocycles. The Labute approximate surface area is 180 Å². The molecule has 0 atom stereocenters. The summed E-state index contributed by atoms with van der Waals surface area (Å²) in [5, 5.41) is 0. The van der Waals surface area contributed by atoms with Crippen molar-refractivity contribution >= 4 is 26.1 Å². The highest BCUT2D eigenvalue weighted by molar-refractivity contribution is 7.89. The largest absolute Gasteiger partial charge is 0.339 e. The molecule has 11 heteroatoms. The maximum atomic E-state index is 13.0. The molecule has 0 bridgehead atoms. The summed E-state index contributed by atoms with van der Waals surface area (Å²) in [6, 6.07) is 5.92. The average molecular weight is 461 g/mol. The number of carbonyl (C=O) groups is 1. The summed E-state index contributed by atoms with van der Waals surface area (Å²) >= 11 is 0. The molecule has 0 radical (unpaired) electrons. The van der Waals surface area contributed by atoms with Crippen LogP contribution in [0.15, 0.2) is 29.2 Å². The van der Waals surface area contributed by atoms with Crippen LogP contribution in [0, 0.1) is 0 Å². The lowest BCUT2D eigenvalue weighted by atomic mass is 10.2. The number of carbonyl (C=O) groups excluding carboxylic acids is 1. The third-order valence-electron chi connectivity index (χ3n) is 5.35. The number of rotatable bonds is 9. The normalized spacial score (nSPS) is 16.7. The van der Waals surface area contributed by atoms with Gasteiger partial charge in [0.2, 0.25) is 10.0 Å². The number of sulfonamides is 1. The van der Waals surface area contributed by atoms with Gasteiger partial charge in [-0.05, 0) is 38.1 Å². The second kappa shape index (κ2) is 10.2. The van der Waals surface area contributed by atoms with Gasteiger partial charge in [-0.15, -0.1) is 0 Å². The van der Waals surface area contributed by atoms with Crippen LogP contribution < -0.4 is 0 Å². The van der Waals surface area contributed by atoms with E-state index in [4.69, 9.17) is 0 Å². The van der Waals surface area contributed by atoms with E-state index < -0.39 is 20.2 Å². The maximum absolute atomic E-state index is 13.0. The molecule has 1 aromatic rings. The highest BCUT2D eigenvalue weighted by Crippen LogP contribution is 2.20. The van der Waals surface area contributed by atoms with Gasteiger partial charge in [0, 0.05) is 57.9 Å². The molecule has 0 aliphatic carbocycles. The van der Waals surface area contributed by atoms with Crippen LogP contribution >= 0.6 is 0 Å². The SMILES string of the molecule is CCN(CC)C(=O)c1ccc(S(=O)(=O)N2CCN(S(=O)(=O)N(CC)CC)CC2)cc1. The summed E-state index contributed by atoms with van der Waals surface area (Å²) in [7, 11) is -7.35. The lowest BCUT2D eigenvalue weighted by molar-refractivity contribution is 0.0773. The van der Waals surface area contributed by atoms with Crippen LogP contribution in [0.3, 0.4) is 0 Å². The van der Waals surface area contributed by atoms with Crippen molar-refractivity contribution < 1.29 is 21.6 Å². The number of benzene rings is 1. The summed E-state index contributed by atoms with van der Waals surface area (Å²) in [6.07, 6.45) is 0. The molecule has 1 fully saturated rings. The minimum atomic E-state index is -3.76. The zero-order chi connectivity index (χ0) is 22.5. The van der Waals surface area contributed by atoms with E-state index in [1.54, 1.807) is 18.7 Å². The fourth-order valence-corrected chi connectivity index (χ4v) is 6.49. The van der Waals surface area contributed by atoms with Crippen LogP contribution in [-0.4, -0.2) is 92.9 Å². The van der Waals surface area contributed by atoms with Gasteiger partial charge in [0.25, 0.3) is 16.1 Å². The Balaban J connectivity index is 2.11. The predicted molar refractivity (Wildman–Crippen MR) is 116 cm³/mol. The molecule has 0 unspecified atom stereocenters. The van der Waals surface area contributed by atoms with E-state index in [0.717, 1.165) is 0 Å². The molecule has 0 aromatic heterocycles. The van der Waals surface area contributed by atoms with Crippen LogP contribution in [0.5, 0.6) is 0 Å². The van der Waals surface area contributed by atoms with Crippen molar-refractivity contribution in [3.63, 3.8) is 0 Å². The average Bonchev–Trinajstić information content (AvgIpc) is 2.75. The van der Waals surface area contributed by atoms with Crippen LogP contribution in [0.2, 0.25) is 0 Å². The standard InChI is InChI=1S/C19H32N4O5S2/c1-5-20(6-2)19(24)17-9-11-18(12-10-17)29(25,26)22-13-15-23(16-14-22)30(27,28)21(7-3)8-4/h9-12H,5-8,13-16H2,1-4H3. The van der Waals surface area contributed by atoms with Crippen molar-refractivity contribution in [1.29, 1.82) is 0 Å². The number of piperazine rings is 1. The molecule has 0 saturated carbocycles. The van der Waals surface area contributed by atoms with Crippen molar-refractivity contribution in [2.45, 2.75) is 32.6 Å². The van der Waals surface area contributed by atoms with E-state index >= 15 is 0 Å². The quantitative estimate of drug-likeness (QED) is 0.549. The fraction of sp³-hybridized carbons (Fsp3) is 0.632. The Morgan fingerprint density at radius 2 is 1.27 bits per heavy atom. The third kappa shape index (κ3) is 5.02. The minimum absolute atomic E-state index is 0.0863. The number of hydrogen-bond donors (Lipinski definition) is 0. The second-order valence-corrected chi connectivity index (χ2v) is 10.8. The summed E-state index contributed by atoms with van der Waals surface area (Å²) in [5.41, 5.74) is 0.438. The van der Waals surface area contributed by atoms with E-state index in [2.05, 4.69) is 0 Å². The lowest BCUT2D eigenvalue weighted by Gasteiger charge is -2.35. The van der Waals surface area contributed by atoms with Crippen LogP contribution in [0.4, 0.5) is 0 Å². The van der Waals surface area contributed by atoms with Crippen molar-refractivity contribution in [1.82, 2.24) is 17.8 Å². The van der Waals surface area contributed by atoms with Gasteiger partial charge >= 0.3 is 0 Å². The Hall–Kier alpha value is -1.53. The van der Waals surface area contributed by atoms with Gasteiger partial charge in [-0.3, -0.25) is 4.79 Å². The first kappa shape index (κ1) is 24.7. The molecule has 1 aromatic carbocycles. The van der Waals surface area contributed by atoms with Gasteiger partial charge in [0.05, 0.1) is 4.90 Å². The smallest absolute Gasteiger partial charge is 0.282 e. The highest BCUT2D eigenvalue weighted by atomic mass is 32.2. The fourth-order valence-electron chi connectivity index (χ4n) is 3.47. The second-order valence-electron chi connectivity index (χ2n) is 6.90. The number of nitrogens with zero attached hydrogens (tertiary/aromatic N) is 4. The van der Waals surface area contributed by atoms with Crippen LogP contribution in [0.1, 0.15) is 38.1 Å². The molecular formula is C19H32N4O5S2. The van der Waals surface area contributed by atoms with Gasteiger partial charge in [0.1, 0.15) is 0 Å². The zero-order valence-electron chi connectivity index (χ0n) is 18.1. The van der Waals surface area contributed by atoms with E-state index in [9.17, 15) is 21.6 Å². The Kier molecular flexibility index (Phi) is 8.40. The summed E-state index contributed by atoms with van der Waals surface area (Å²) < 4.78 is 55.2. The molecule has 1 aliphatic rings. The first-order valence-corrected chi connectivity index (χ1v) is 13.1. The van der Waals surface area contributed by atoms with Gasteiger partial charge < -0.3 is 4.90 Å². The topological polar surface area (TPSA) is 98.3 Å². The van der Waals surface area contributed by atoms with Crippen molar-refractivity contribution in [3.05, 3.63) is 29.8 Å². The van der Waals surface area contributed by atoms with E-state index in [1.807, 2.05) is 13.8 Å². The monoisotopic (exact) mass is 460 g/mol. The number of hydrogen-bond acceptors (Lipinski definition) is 5. The first-order chi connectivity index (χ1) is 14.1. The Morgan fingerprint density at radius 1 is 0.800 bits per heavy atom. The van der Waals surface area contributed by atoms with Gasteiger partial charge in [-0.2, -0.15) is 21.3 Å². The van der Waals surface area contributed by atoms with Gasteiger partial charge in [-0.25, -0.2) is 8.42 Å². The van der Waals surface area contributed by atoms with Crippen LogP contribution in [0.25, 0.3) is 0 Å². The summed E-state index contributed by atoms with van der Waals surface area (Å²) in [4.78, 5) is 14.2. The summed E-state index contributed by atoms with van der Waals surface area (Å²) in [6.45, 7) is 9.62. The maximum Gasteiger partial charge on any atom is 0.282 e. The third-order valence-corrected chi connectivity index (χ3v) is 9.44. The van der Waals surface area contributed by atoms with E-state index in [0.29, 0.717) is 31.7 Å². The molecule has 170 valence electrons. The van der Waals surface area contributed by atoms with Crippen molar-refractivity contribution in [2.24, 2.45) is 0 Å². The number of amides is 1. The van der Waals surface area contributed by atoms with Crippen LogP contribution in [-0.2, 0) is 20.2 Å². The zero-order valence-corrected chi connectivity index (χ0v) is 19.7. The Bertz CT molecular complexity index is 916.